The summed E-state index contributed by atoms with van der Waals surface area (Å²) in [4.78, 5) is 20.5. The van der Waals surface area contributed by atoms with E-state index in [0.29, 0.717) is 0 Å². The second-order valence-electron chi connectivity index (χ2n) is 1.33. The molecule has 0 aliphatic rings. The minimum absolute atomic E-state index is 0. The predicted octanol–water partition coefficient (Wildman–Crippen LogP) is -3.27. The van der Waals surface area contributed by atoms with Gasteiger partial charge in [-0.3, -0.25) is 9.59 Å². The van der Waals surface area contributed by atoms with Gasteiger partial charge in [-0.1, -0.05) is 0 Å². The molecule has 4 nitrogen and oxygen atoms in total. The molecule has 5 heteroatoms. The van der Waals surface area contributed by atoms with E-state index < -0.39 is 11.9 Å². The Morgan fingerprint density at radius 2 is 1.40 bits per heavy atom. The average Bonchev–Trinajstić information content (AvgIpc) is 1.87. The quantitative estimate of drug-likeness (QED) is 0.238. The molecule has 0 unspecified atom stereocenters. The van der Waals surface area contributed by atoms with Gasteiger partial charge in [0, 0.05) is 0 Å². The smallest absolute Gasteiger partial charge is 0.469 e. The summed E-state index contributed by atoms with van der Waals surface area (Å²) in [5, 5.41) is 0. The van der Waals surface area contributed by atoms with E-state index in [1.807, 2.05) is 0 Å². The maximum atomic E-state index is 10.3. The van der Waals surface area contributed by atoms with Crippen molar-refractivity contribution in [2.45, 2.75) is 6.42 Å². The van der Waals surface area contributed by atoms with Crippen molar-refractivity contribution in [3.63, 3.8) is 0 Å². The van der Waals surface area contributed by atoms with Crippen LogP contribution >= 0.6 is 0 Å². The fraction of sp³-hybridized carbons (Fsp3) is 0.600. The van der Waals surface area contributed by atoms with Crippen molar-refractivity contribution < 1.29 is 48.6 Å². The molecule has 0 aromatic carbocycles. The number of hydrogen-bond acceptors (Lipinski definition) is 4. The van der Waals surface area contributed by atoms with Gasteiger partial charge in [0.25, 0.3) is 0 Å². The Morgan fingerprint density at radius 1 is 1.10 bits per heavy atom. The van der Waals surface area contributed by atoms with Crippen LogP contribution in [0.2, 0.25) is 0 Å². The summed E-state index contributed by atoms with van der Waals surface area (Å²) in [5.41, 5.74) is 0. The van der Waals surface area contributed by atoms with Gasteiger partial charge < -0.3 is 9.47 Å². The van der Waals surface area contributed by atoms with E-state index in [4.69, 9.17) is 0 Å². The molecule has 0 aliphatic carbocycles. The number of carbonyl (C=O) groups is 2. The summed E-state index contributed by atoms with van der Waals surface area (Å²) >= 11 is 0. The van der Waals surface area contributed by atoms with Crippen molar-refractivity contribution in [2.24, 2.45) is 0 Å². The number of esters is 2. The number of hydrogen-bond donors (Lipinski definition) is 0. The number of methoxy groups -OCH3 is 2. The van der Waals surface area contributed by atoms with E-state index >= 15 is 0 Å². The Labute approximate surface area is 81.2 Å². The standard InChI is InChI=1S/C5H8O4.Na/c1-8-4(6)3-5(7)9-2;/h3H2,1-2H3;/q;+1. The predicted molar refractivity (Wildman–Crippen MR) is 28.6 cm³/mol. The molecule has 52 valence electrons. The molecule has 0 spiro atoms. The first kappa shape index (κ1) is 12.6. The molecular formula is C5H8NaO4+. The molecule has 0 amide bonds. The Morgan fingerprint density at radius 3 is 1.60 bits per heavy atom. The molecule has 0 rings (SSSR count). The van der Waals surface area contributed by atoms with Gasteiger partial charge in [0.05, 0.1) is 14.2 Å². The first-order valence-corrected chi connectivity index (χ1v) is 2.34. The molecule has 0 fully saturated rings. The van der Waals surface area contributed by atoms with Crippen LogP contribution in [0.15, 0.2) is 0 Å². The molecule has 0 radical (unpaired) electrons. The van der Waals surface area contributed by atoms with E-state index in [1.165, 1.54) is 14.2 Å². The number of carbonyl (C=O) groups excluding carboxylic acids is 2. The van der Waals surface area contributed by atoms with Gasteiger partial charge in [-0.15, -0.1) is 0 Å². The second-order valence-corrected chi connectivity index (χ2v) is 1.33. The van der Waals surface area contributed by atoms with Crippen molar-refractivity contribution in [1.29, 1.82) is 0 Å². The van der Waals surface area contributed by atoms with Gasteiger partial charge in [0.2, 0.25) is 0 Å². The van der Waals surface area contributed by atoms with Crippen LogP contribution in [0.1, 0.15) is 6.42 Å². The molecule has 0 N–H and O–H groups in total. The molecule has 0 saturated carbocycles. The van der Waals surface area contributed by atoms with Crippen molar-refractivity contribution in [3.05, 3.63) is 0 Å². The normalized spacial score (nSPS) is 7.40. The van der Waals surface area contributed by atoms with Gasteiger partial charge in [-0.2, -0.15) is 0 Å². The Balaban J connectivity index is 0. The van der Waals surface area contributed by atoms with Crippen molar-refractivity contribution in [1.82, 2.24) is 0 Å². The van der Waals surface area contributed by atoms with Crippen LogP contribution in [0.5, 0.6) is 0 Å². The van der Waals surface area contributed by atoms with Crippen molar-refractivity contribution in [2.75, 3.05) is 14.2 Å². The summed E-state index contributed by atoms with van der Waals surface area (Å²) in [6.07, 6.45) is -0.312. The maximum absolute atomic E-state index is 10.3. The number of rotatable bonds is 2. The maximum Gasteiger partial charge on any atom is 1.00 e. The van der Waals surface area contributed by atoms with Gasteiger partial charge in [0.1, 0.15) is 6.42 Å². The van der Waals surface area contributed by atoms with E-state index in [9.17, 15) is 9.59 Å². The molecule has 0 bridgehead atoms. The summed E-state index contributed by atoms with van der Waals surface area (Å²) in [6.45, 7) is 0. The van der Waals surface area contributed by atoms with Crippen LogP contribution in [0.25, 0.3) is 0 Å². The molecule has 0 aromatic rings. The van der Waals surface area contributed by atoms with Crippen LogP contribution in [-0.2, 0) is 19.1 Å². The van der Waals surface area contributed by atoms with Crippen LogP contribution in [0, 0.1) is 0 Å². The van der Waals surface area contributed by atoms with E-state index in [0.717, 1.165) is 0 Å². The Kier molecular flexibility index (Phi) is 8.89. The van der Waals surface area contributed by atoms with Gasteiger partial charge in [0.15, 0.2) is 0 Å². The third-order valence-corrected chi connectivity index (χ3v) is 0.744. The number of ether oxygens (including phenoxy) is 2. The van der Waals surface area contributed by atoms with E-state index in [2.05, 4.69) is 9.47 Å². The molecule has 0 heterocycles. The van der Waals surface area contributed by atoms with Crippen LogP contribution in [0.3, 0.4) is 0 Å². The summed E-state index contributed by atoms with van der Waals surface area (Å²) in [6, 6.07) is 0. The van der Waals surface area contributed by atoms with E-state index in [-0.39, 0.29) is 36.0 Å². The first-order chi connectivity index (χ1) is 4.20. The van der Waals surface area contributed by atoms with Crippen molar-refractivity contribution in [3.8, 4) is 0 Å². The molecule has 0 aliphatic heterocycles. The molecular weight excluding hydrogens is 147 g/mol. The largest absolute Gasteiger partial charge is 1.00 e. The topological polar surface area (TPSA) is 52.6 Å². The summed E-state index contributed by atoms with van der Waals surface area (Å²) in [7, 11) is 2.43. The fourth-order valence-electron chi connectivity index (χ4n) is 0.262. The second kappa shape index (κ2) is 7.05. The zero-order valence-corrected chi connectivity index (χ0v) is 8.34. The monoisotopic (exact) mass is 155 g/mol. The third kappa shape index (κ3) is 6.07. The summed E-state index contributed by atoms with van der Waals surface area (Å²) < 4.78 is 8.37. The zero-order chi connectivity index (χ0) is 7.28. The van der Waals surface area contributed by atoms with Gasteiger partial charge >= 0.3 is 41.5 Å². The van der Waals surface area contributed by atoms with Crippen LogP contribution in [-0.4, -0.2) is 26.2 Å². The van der Waals surface area contributed by atoms with Gasteiger partial charge in [-0.25, -0.2) is 0 Å². The first-order valence-electron chi connectivity index (χ1n) is 2.34. The summed E-state index contributed by atoms with van der Waals surface area (Å²) in [5.74, 6) is -1.16. The SMILES string of the molecule is COC(=O)CC(=O)OC.[Na+]. The van der Waals surface area contributed by atoms with Crippen molar-refractivity contribution >= 4 is 11.9 Å². The molecule has 0 saturated heterocycles. The molecule has 0 aromatic heterocycles. The Bertz CT molecular complexity index is 109. The minimum atomic E-state index is -0.582. The van der Waals surface area contributed by atoms with Crippen LogP contribution < -0.4 is 29.6 Å². The molecule has 0 atom stereocenters. The Hall–Kier alpha value is -0.0600. The average molecular weight is 155 g/mol. The fourth-order valence-corrected chi connectivity index (χ4v) is 0.262. The third-order valence-electron chi connectivity index (χ3n) is 0.744. The molecule has 10 heavy (non-hydrogen) atoms. The van der Waals surface area contributed by atoms with Gasteiger partial charge in [-0.05, 0) is 0 Å². The zero-order valence-electron chi connectivity index (χ0n) is 6.34. The van der Waals surface area contributed by atoms with Crippen LogP contribution in [0.4, 0.5) is 0 Å². The van der Waals surface area contributed by atoms with E-state index in [1.54, 1.807) is 0 Å². The minimum Gasteiger partial charge on any atom is -0.469 e.